The summed E-state index contributed by atoms with van der Waals surface area (Å²) in [5.41, 5.74) is 5.70. The summed E-state index contributed by atoms with van der Waals surface area (Å²) < 4.78 is 1.14. The lowest BCUT2D eigenvalue weighted by Gasteiger charge is -2.17. The summed E-state index contributed by atoms with van der Waals surface area (Å²) in [6, 6.07) is 4.22. The summed E-state index contributed by atoms with van der Waals surface area (Å²) in [6.45, 7) is 4.17. The maximum absolute atomic E-state index is 6.35. The second-order valence-electron chi connectivity index (χ2n) is 5.39. The molecule has 0 aliphatic heterocycles. The van der Waals surface area contributed by atoms with Crippen LogP contribution in [0.3, 0.4) is 0 Å². The van der Waals surface area contributed by atoms with E-state index in [0.29, 0.717) is 5.15 Å². The van der Waals surface area contributed by atoms with E-state index >= 15 is 0 Å². The molecule has 1 aliphatic carbocycles. The smallest absolute Gasteiger partial charge is 0.161 e. The molecule has 0 radical (unpaired) electrons. The number of hydrogen-bond acceptors (Lipinski definition) is 2. The predicted molar refractivity (Wildman–Crippen MR) is 86.3 cm³/mol. The largest absolute Gasteiger partial charge is 0.233 e. The highest BCUT2D eigenvalue weighted by atomic mass is 79.9. The second kappa shape index (κ2) is 5.45. The van der Waals surface area contributed by atoms with E-state index in [4.69, 9.17) is 16.6 Å². The van der Waals surface area contributed by atoms with Crippen LogP contribution < -0.4 is 0 Å². The minimum Gasteiger partial charge on any atom is -0.233 e. The van der Waals surface area contributed by atoms with E-state index in [0.717, 1.165) is 40.0 Å². The topological polar surface area (TPSA) is 25.8 Å². The third-order valence-electron chi connectivity index (χ3n) is 3.83. The van der Waals surface area contributed by atoms with Crippen molar-refractivity contribution in [2.75, 3.05) is 0 Å². The van der Waals surface area contributed by atoms with E-state index < -0.39 is 0 Å². The summed E-state index contributed by atoms with van der Waals surface area (Å²) in [4.78, 5) is 9.25. The van der Waals surface area contributed by atoms with E-state index in [9.17, 15) is 0 Å². The highest BCUT2D eigenvalue weighted by Crippen LogP contribution is 2.31. The van der Waals surface area contributed by atoms with E-state index in [1.165, 1.54) is 24.0 Å². The number of nitrogens with zero attached hydrogens (tertiary/aromatic N) is 2. The molecule has 4 heteroatoms. The van der Waals surface area contributed by atoms with Crippen LogP contribution in [0.1, 0.15) is 35.2 Å². The molecule has 0 N–H and O–H groups in total. The summed E-state index contributed by atoms with van der Waals surface area (Å²) in [5, 5.41) is 0.628. The number of rotatable bonds is 1. The van der Waals surface area contributed by atoms with Crippen molar-refractivity contribution < 1.29 is 0 Å². The van der Waals surface area contributed by atoms with Gasteiger partial charge in [-0.25, -0.2) is 9.97 Å². The maximum Gasteiger partial charge on any atom is 0.161 e. The highest BCUT2D eigenvalue weighted by molar-refractivity contribution is 9.10. The van der Waals surface area contributed by atoms with Crippen LogP contribution in [0.2, 0.25) is 5.15 Å². The first-order valence-electron chi connectivity index (χ1n) is 6.88. The Kier molecular flexibility index (Phi) is 3.83. The summed E-state index contributed by atoms with van der Waals surface area (Å²) in [7, 11) is 0. The molecule has 0 fully saturated rings. The standard InChI is InChI=1S/C16H16BrClN2/c1-9-7-11(8-10(2)14(9)17)16-19-13-6-4-3-5-12(13)15(18)20-16/h7-8H,3-6H2,1-2H3. The zero-order chi connectivity index (χ0) is 14.3. The van der Waals surface area contributed by atoms with E-state index in [1.807, 2.05) is 0 Å². The molecule has 0 atom stereocenters. The predicted octanol–water partition coefficient (Wildman–Crippen LogP) is 5.06. The van der Waals surface area contributed by atoms with Gasteiger partial charge in [0.2, 0.25) is 0 Å². The quantitative estimate of drug-likeness (QED) is 0.671. The van der Waals surface area contributed by atoms with Crippen LogP contribution in [0.25, 0.3) is 11.4 Å². The molecule has 0 unspecified atom stereocenters. The first kappa shape index (κ1) is 14.0. The van der Waals surface area contributed by atoms with Gasteiger partial charge in [-0.05, 0) is 62.8 Å². The third-order valence-corrected chi connectivity index (χ3v) is 5.39. The van der Waals surface area contributed by atoms with Gasteiger partial charge in [0.1, 0.15) is 5.15 Å². The molecule has 1 aromatic carbocycles. The molecule has 1 aliphatic rings. The van der Waals surface area contributed by atoms with Crippen molar-refractivity contribution in [3.05, 3.63) is 44.1 Å². The van der Waals surface area contributed by atoms with Crippen LogP contribution in [0, 0.1) is 13.8 Å². The van der Waals surface area contributed by atoms with Gasteiger partial charge in [0.15, 0.2) is 5.82 Å². The number of aromatic nitrogens is 2. The first-order chi connectivity index (χ1) is 9.56. The molecule has 0 amide bonds. The van der Waals surface area contributed by atoms with Crippen molar-refractivity contribution in [2.24, 2.45) is 0 Å². The lowest BCUT2D eigenvalue weighted by molar-refractivity contribution is 0.663. The van der Waals surface area contributed by atoms with Crippen LogP contribution >= 0.6 is 27.5 Å². The Morgan fingerprint density at radius 2 is 1.70 bits per heavy atom. The molecular formula is C16H16BrClN2. The zero-order valence-corrected chi connectivity index (χ0v) is 14.0. The first-order valence-corrected chi connectivity index (χ1v) is 8.06. The van der Waals surface area contributed by atoms with Crippen molar-refractivity contribution in [2.45, 2.75) is 39.5 Å². The van der Waals surface area contributed by atoms with E-state index in [1.54, 1.807) is 0 Å². The molecule has 0 bridgehead atoms. The normalized spacial score (nSPS) is 14.2. The Hall–Kier alpha value is -0.930. The number of aryl methyl sites for hydroxylation is 3. The molecule has 1 aromatic heterocycles. The van der Waals surface area contributed by atoms with Gasteiger partial charge in [0.25, 0.3) is 0 Å². The number of halogens is 2. The number of benzene rings is 1. The van der Waals surface area contributed by atoms with Crippen molar-refractivity contribution in [1.82, 2.24) is 9.97 Å². The van der Waals surface area contributed by atoms with Crippen molar-refractivity contribution in [1.29, 1.82) is 0 Å². The Morgan fingerprint density at radius 3 is 2.40 bits per heavy atom. The van der Waals surface area contributed by atoms with Gasteiger partial charge in [-0.15, -0.1) is 0 Å². The fourth-order valence-electron chi connectivity index (χ4n) is 2.75. The van der Waals surface area contributed by atoms with Crippen LogP contribution in [-0.2, 0) is 12.8 Å². The molecule has 104 valence electrons. The van der Waals surface area contributed by atoms with Crippen LogP contribution in [0.4, 0.5) is 0 Å². The lowest BCUT2D eigenvalue weighted by atomic mass is 9.97. The lowest BCUT2D eigenvalue weighted by Crippen LogP contribution is -2.09. The molecule has 3 rings (SSSR count). The number of fused-ring (bicyclic) bond motifs is 1. The van der Waals surface area contributed by atoms with Gasteiger partial charge in [-0.2, -0.15) is 0 Å². The van der Waals surface area contributed by atoms with Crippen LogP contribution in [0.5, 0.6) is 0 Å². The Labute approximate surface area is 132 Å². The van der Waals surface area contributed by atoms with Gasteiger partial charge in [0.05, 0.1) is 0 Å². The molecule has 0 saturated heterocycles. The van der Waals surface area contributed by atoms with Crippen LogP contribution in [-0.4, -0.2) is 9.97 Å². The molecule has 0 saturated carbocycles. The maximum atomic E-state index is 6.35. The molecule has 2 nitrogen and oxygen atoms in total. The molecule has 1 heterocycles. The van der Waals surface area contributed by atoms with Crippen molar-refractivity contribution in [3.8, 4) is 11.4 Å². The van der Waals surface area contributed by atoms with Gasteiger partial charge in [-0.1, -0.05) is 27.5 Å². The third kappa shape index (κ3) is 2.49. The molecule has 2 aromatic rings. The number of hydrogen-bond donors (Lipinski definition) is 0. The Balaban J connectivity index is 2.13. The summed E-state index contributed by atoms with van der Waals surface area (Å²) >= 11 is 9.94. The molecule has 0 spiro atoms. The van der Waals surface area contributed by atoms with Gasteiger partial charge >= 0.3 is 0 Å². The highest BCUT2D eigenvalue weighted by Gasteiger charge is 2.17. The van der Waals surface area contributed by atoms with Crippen molar-refractivity contribution in [3.63, 3.8) is 0 Å². The monoisotopic (exact) mass is 350 g/mol. The summed E-state index contributed by atoms with van der Waals surface area (Å²) in [6.07, 6.45) is 4.40. The summed E-state index contributed by atoms with van der Waals surface area (Å²) in [5.74, 6) is 0.745. The Morgan fingerprint density at radius 1 is 1.05 bits per heavy atom. The minimum atomic E-state index is 0.628. The SMILES string of the molecule is Cc1cc(-c2nc(Cl)c3c(n2)CCCC3)cc(C)c1Br. The Bertz CT molecular complexity index is 659. The van der Waals surface area contributed by atoms with Crippen molar-refractivity contribution >= 4 is 27.5 Å². The zero-order valence-electron chi connectivity index (χ0n) is 11.6. The van der Waals surface area contributed by atoms with E-state index in [2.05, 4.69) is 46.9 Å². The van der Waals surface area contributed by atoms with Crippen LogP contribution in [0.15, 0.2) is 16.6 Å². The fraction of sp³-hybridized carbons (Fsp3) is 0.375. The average Bonchev–Trinajstić information content (AvgIpc) is 2.44. The molecular weight excluding hydrogens is 336 g/mol. The fourth-order valence-corrected chi connectivity index (χ4v) is 3.26. The average molecular weight is 352 g/mol. The van der Waals surface area contributed by atoms with Gasteiger partial charge in [-0.3, -0.25) is 0 Å². The van der Waals surface area contributed by atoms with Gasteiger partial charge < -0.3 is 0 Å². The second-order valence-corrected chi connectivity index (χ2v) is 6.55. The van der Waals surface area contributed by atoms with E-state index in [-0.39, 0.29) is 0 Å². The van der Waals surface area contributed by atoms with Gasteiger partial charge in [0, 0.05) is 21.3 Å². The molecule has 20 heavy (non-hydrogen) atoms. The minimum absolute atomic E-state index is 0.628.